The second kappa shape index (κ2) is 8.85. The highest BCUT2D eigenvalue weighted by atomic mass is 16.5. The van der Waals surface area contributed by atoms with Crippen molar-refractivity contribution in [3.63, 3.8) is 0 Å². The Labute approximate surface area is 158 Å². The number of urea groups is 1. The number of hydrogen-bond acceptors (Lipinski definition) is 5. The maximum absolute atomic E-state index is 12.6. The van der Waals surface area contributed by atoms with E-state index in [0.29, 0.717) is 18.2 Å². The summed E-state index contributed by atoms with van der Waals surface area (Å²) in [5.41, 5.74) is 0.730. The number of benzene rings is 1. The van der Waals surface area contributed by atoms with Gasteiger partial charge in [0.05, 0.1) is 20.1 Å². The highest BCUT2D eigenvalue weighted by Gasteiger charge is 2.39. The van der Waals surface area contributed by atoms with Crippen LogP contribution in [0.25, 0.3) is 0 Å². The van der Waals surface area contributed by atoms with Crippen LogP contribution in [0.5, 0.6) is 5.75 Å². The first-order valence-electron chi connectivity index (χ1n) is 9.16. The van der Waals surface area contributed by atoms with Crippen molar-refractivity contribution in [3.8, 4) is 5.75 Å². The minimum atomic E-state index is -0.832. The van der Waals surface area contributed by atoms with Crippen LogP contribution in [0.1, 0.15) is 24.8 Å². The molecule has 0 aromatic heterocycles. The number of hydrogen-bond donors (Lipinski definition) is 2. The molecule has 2 aliphatic heterocycles. The van der Waals surface area contributed by atoms with Crippen LogP contribution >= 0.6 is 0 Å². The van der Waals surface area contributed by atoms with Crippen LogP contribution in [0, 0.1) is 5.92 Å². The minimum Gasteiger partial charge on any atom is -0.496 e. The zero-order chi connectivity index (χ0) is 19.2. The number of carbonyl (C=O) groups excluding carboxylic acids is 3. The van der Waals surface area contributed by atoms with Gasteiger partial charge in [-0.25, -0.2) is 4.79 Å². The Morgan fingerprint density at radius 2 is 2.04 bits per heavy atom. The van der Waals surface area contributed by atoms with Crippen LogP contribution in [0.15, 0.2) is 24.3 Å². The molecule has 0 spiro atoms. The van der Waals surface area contributed by atoms with E-state index in [4.69, 9.17) is 9.47 Å². The van der Waals surface area contributed by atoms with Gasteiger partial charge in [0.25, 0.3) is 5.91 Å². The molecule has 0 unspecified atom stereocenters. The van der Waals surface area contributed by atoms with Crippen molar-refractivity contribution in [2.75, 3.05) is 26.9 Å². The van der Waals surface area contributed by atoms with Gasteiger partial charge >= 0.3 is 6.03 Å². The lowest BCUT2D eigenvalue weighted by atomic mass is 10.0. The average Bonchev–Trinajstić information content (AvgIpc) is 2.95. The van der Waals surface area contributed by atoms with E-state index in [1.54, 1.807) is 12.1 Å². The number of methoxy groups -OCH3 is 1. The number of carbonyl (C=O) groups is 3. The van der Waals surface area contributed by atoms with Gasteiger partial charge in [-0.15, -0.1) is 0 Å². The first kappa shape index (κ1) is 19.2. The molecule has 2 heterocycles. The fraction of sp³-hybridized carbons (Fsp3) is 0.526. The van der Waals surface area contributed by atoms with E-state index in [1.807, 2.05) is 12.1 Å². The summed E-state index contributed by atoms with van der Waals surface area (Å²) in [5.74, 6) is 0.376. The maximum Gasteiger partial charge on any atom is 0.325 e. The van der Waals surface area contributed by atoms with Crippen molar-refractivity contribution < 1.29 is 23.9 Å². The van der Waals surface area contributed by atoms with Crippen molar-refractivity contribution in [2.24, 2.45) is 5.92 Å². The fourth-order valence-electron chi connectivity index (χ4n) is 3.34. The SMILES string of the molecule is COc1ccccc1CN1C(=O)N[C@@H](CC(=O)NCC2CCOCC2)C1=O. The number of imide groups is 1. The standard InChI is InChI=1S/C19H25N3O5/c1-26-16-5-3-2-4-14(16)12-22-18(24)15(21-19(22)25)10-17(23)20-11-13-6-8-27-9-7-13/h2-5,13,15H,6-12H2,1H3,(H,20,23)(H,21,25)/t15-/m0/s1. The Balaban J connectivity index is 1.53. The molecule has 27 heavy (non-hydrogen) atoms. The molecule has 8 nitrogen and oxygen atoms in total. The van der Waals surface area contributed by atoms with Crippen LogP contribution in [0.2, 0.25) is 0 Å². The molecular weight excluding hydrogens is 350 g/mol. The van der Waals surface area contributed by atoms with Crippen LogP contribution in [-0.2, 0) is 20.9 Å². The third kappa shape index (κ3) is 4.77. The second-order valence-electron chi connectivity index (χ2n) is 6.80. The van der Waals surface area contributed by atoms with Gasteiger partial charge in [0.2, 0.25) is 5.91 Å². The number of rotatable bonds is 7. The van der Waals surface area contributed by atoms with Crippen LogP contribution in [-0.4, -0.2) is 55.7 Å². The van der Waals surface area contributed by atoms with Crippen molar-refractivity contribution in [1.82, 2.24) is 15.5 Å². The molecular formula is C19H25N3O5. The lowest BCUT2D eigenvalue weighted by molar-refractivity contribution is -0.131. The predicted molar refractivity (Wildman–Crippen MR) is 97.0 cm³/mol. The Hall–Kier alpha value is -2.61. The molecule has 0 bridgehead atoms. The highest BCUT2D eigenvalue weighted by Crippen LogP contribution is 2.22. The molecule has 2 saturated heterocycles. The molecule has 2 fully saturated rings. The van der Waals surface area contributed by atoms with Crippen LogP contribution in [0.4, 0.5) is 4.79 Å². The van der Waals surface area contributed by atoms with E-state index in [1.165, 1.54) is 7.11 Å². The second-order valence-corrected chi connectivity index (χ2v) is 6.80. The van der Waals surface area contributed by atoms with E-state index < -0.39 is 18.0 Å². The zero-order valence-electron chi connectivity index (χ0n) is 15.4. The molecule has 1 aromatic carbocycles. The van der Waals surface area contributed by atoms with Gasteiger partial charge in [0.15, 0.2) is 0 Å². The van der Waals surface area contributed by atoms with Gasteiger partial charge in [0, 0.05) is 25.3 Å². The molecule has 2 aliphatic rings. The van der Waals surface area contributed by atoms with Crippen molar-refractivity contribution in [1.29, 1.82) is 0 Å². The van der Waals surface area contributed by atoms with E-state index >= 15 is 0 Å². The van der Waals surface area contributed by atoms with Gasteiger partial charge in [-0.1, -0.05) is 18.2 Å². The molecule has 3 rings (SSSR count). The van der Waals surface area contributed by atoms with Gasteiger partial charge in [-0.2, -0.15) is 0 Å². The predicted octanol–water partition coefficient (Wildman–Crippen LogP) is 1.05. The number of nitrogens with zero attached hydrogens (tertiary/aromatic N) is 1. The smallest absolute Gasteiger partial charge is 0.325 e. The average molecular weight is 375 g/mol. The molecule has 4 amide bonds. The maximum atomic E-state index is 12.6. The Kier molecular flexibility index (Phi) is 6.28. The Morgan fingerprint density at radius 3 is 2.78 bits per heavy atom. The summed E-state index contributed by atoms with van der Waals surface area (Å²) in [4.78, 5) is 38.1. The largest absolute Gasteiger partial charge is 0.496 e. The number of nitrogens with one attached hydrogen (secondary N) is 2. The van der Waals surface area contributed by atoms with E-state index in [-0.39, 0.29) is 18.9 Å². The Morgan fingerprint density at radius 1 is 1.30 bits per heavy atom. The summed E-state index contributed by atoms with van der Waals surface area (Å²) >= 11 is 0. The monoisotopic (exact) mass is 375 g/mol. The van der Waals surface area contributed by atoms with Gasteiger partial charge in [0.1, 0.15) is 11.8 Å². The summed E-state index contributed by atoms with van der Waals surface area (Å²) in [7, 11) is 1.54. The van der Waals surface area contributed by atoms with Gasteiger partial charge in [-0.3, -0.25) is 14.5 Å². The van der Waals surface area contributed by atoms with E-state index in [9.17, 15) is 14.4 Å². The van der Waals surface area contributed by atoms with Gasteiger partial charge in [-0.05, 0) is 24.8 Å². The zero-order valence-corrected chi connectivity index (χ0v) is 15.4. The van der Waals surface area contributed by atoms with Gasteiger partial charge < -0.3 is 20.1 Å². The fourth-order valence-corrected chi connectivity index (χ4v) is 3.34. The Bertz CT molecular complexity index is 702. The number of ether oxygens (including phenoxy) is 2. The highest BCUT2D eigenvalue weighted by molar-refractivity contribution is 6.05. The topological polar surface area (TPSA) is 97.0 Å². The molecule has 0 saturated carbocycles. The van der Waals surface area contributed by atoms with Crippen molar-refractivity contribution >= 4 is 17.8 Å². The normalized spacial score (nSPS) is 20.5. The summed E-state index contributed by atoms with van der Waals surface area (Å²) < 4.78 is 10.6. The molecule has 1 aromatic rings. The molecule has 146 valence electrons. The van der Waals surface area contributed by atoms with Crippen molar-refractivity contribution in [3.05, 3.63) is 29.8 Å². The molecule has 0 radical (unpaired) electrons. The molecule has 2 N–H and O–H groups in total. The molecule has 0 aliphatic carbocycles. The van der Waals surface area contributed by atoms with Crippen LogP contribution < -0.4 is 15.4 Å². The van der Waals surface area contributed by atoms with E-state index in [0.717, 1.165) is 36.5 Å². The summed E-state index contributed by atoms with van der Waals surface area (Å²) in [5, 5.41) is 5.46. The third-order valence-electron chi connectivity index (χ3n) is 4.95. The summed E-state index contributed by atoms with van der Waals surface area (Å²) in [6.45, 7) is 2.11. The summed E-state index contributed by atoms with van der Waals surface area (Å²) in [6, 6.07) is 5.88. The first-order chi connectivity index (χ1) is 13.1. The third-order valence-corrected chi connectivity index (χ3v) is 4.95. The van der Waals surface area contributed by atoms with Crippen molar-refractivity contribution in [2.45, 2.75) is 31.8 Å². The number of para-hydroxylation sites is 1. The lowest BCUT2D eigenvalue weighted by Gasteiger charge is -2.22. The molecule has 1 atom stereocenters. The van der Waals surface area contributed by atoms with E-state index in [2.05, 4.69) is 10.6 Å². The number of amides is 4. The lowest BCUT2D eigenvalue weighted by Crippen LogP contribution is -2.38. The first-order valence-corrected chi connectivity index (χ1v) is 9.16. The quantitative estimate of drug-likeness (QED) is 0.695. The summed E-state index contributed by atoms with van der Waals surface area (Å²) in [6.07, 6.45) is 1.79. The van der Waals surface area contributed by atoms with Crippen LogP contribution in [0.3, 0.4) is 0 Å². The molecule has 8 heteroatoms. The minimum absolute atomic E-state index is 0.0593.